The maximum absolute atomic E-state index is 5.81. The Hall–Kier alpha value is -7.49. The van der Waals surface area contributed by atoms with E-state index in [1.54, 1.807) is 0 Å². The number of nitrogens with zero attached hydrogens (tertiary/aromatic N) is 3. The minimum atomic E-state index is -0.687. The van der Waals surface area contributed by atoms with Gasteiger partial charge in [0.05, 0.1) is 38.6 Å². The van der Waals surface area contributed by atoms with Crippen molar-refractivity contribution in [3.05, 3.63) is 257 Å². The van der Waals surface area contributed by atoms with Crippen molar-refractivity contribution >= 4 is 43.6 Å². The van der Waals surface area contributed by atoms with Crippen molar-refractivity contribution in [2.24, 2.45) is 0 Å². The highest BCUT2D eigenvalue weighted by Crippen LogP contribution is 2.66. The molecular formula is C55H35N3. The highest BCUT2D eigenvalue weighted by atomic mass is 15.1. The van der Waals surface area contributed by atoms with Crippen molar-refractivity contribution in [2.75, 3.05) is 0 Å². The van der Waals surface area contributed by atoms with Gasteiger partial charge in [0.1, 0.15) is 5.82 Å². The molecule has 58 heavy (non-hydrogen) atoms. The summed E-state index contributed by atoms with van der Waals surface area (Å²) in [5.74, 6) is 0.910. The molecule has 0 aliphatic heterocycles. The number of fused-ring (bicyclic) bond motifs is 6. The van der Waals surface area contributed by atoms with Crippen LogP contribution in [0.5, 0.6) is 0 Å². The zero-order valence-corrected chi connectivity index (χ0v) is 31.5. The van der Waals surface area contributed by atoms with Crippen LogP contribution in [0.15, 0.2) is 212 Å². The fourth-order valence-electron chi connectivity index (χ4n) is 11.1. The lowest BCUT2D eigenvalue weighted by atomic mass is 9.45. The van der Waals surface area contributed by atoms with Crippen molar-refractivity contribution in [3.8, 4) is 11.5 Å². The molecular weight excluding hydrogens is 703 g/mol. The van der Waals surface area contributed by atoms with E-state index in [4.69, 9.17) is 4.98 Å². The van der Waals surface area contributed by atoms with Gasteiger partial charge in [0, 0.05) is 27.2 Å². The number of benzene rings is 8. The Morgan fingerprint density at radius 2 is 0.741 bits per heavy atom. The molecule has 3 aromatic heterocycles. The molecule has 0 unspecified atom stereocenters. The molecule has 2 bridgehead atoms. The van der Waals surface area contributed by atoms with E-state index in [-0.39, 0.29) is 0 Å². The standard InChI is InChI=1S/C55H35N3/c1-2-17-36(18-3-1)54-42-23-8-10-25-44(42)55(45-26-11-9-24-43(45)54,52-31-16-32-53(56-52)58-50-29-14-6-21-40(50)41-22-7-15-30-51(41)58)46-34-33-37(35-47(46)54)57-48-27-12-4-19-38(48)39-20-5-13-28-49(39)57/h1-35H. The molecule has 0 N–H and O–H groups in total. The lowest BCUT2D eigenvalue weighted by Gasteiger charge is -2.56. The van der Waals surface area contributed by atoms with E-state index in [1.165, 1.54) is 71.5 Å². The van der Waals surface area contributed by atoms with E-state index in [1.807, 2.05) is 0 Å². The molecule has 11 aromatic rings. The lowest BCUT2D eigenvalue weighted by molar-refractivity contribution is 0.547. The van der Waals surface area contributed by atoms with Gasteiger partial charge in [-0.15, -0.1) is 0 Å². The molecule has 3 heteroatoms. The van der Waals surface area contributed by atoms with E-state index >= 15 is 0 Å². The van der Waals surface area contributed by atoms with E-state index in [0.29, 0.717) is 0 Å². The number of rotatable bonds is 4. The number of pyridine rings is 1. The Morgan fingerprint density at radius 3 is 1.28 bits per heavy atom. The molecule has 0 fully saturated rings. The van der Waals surface area contributed by atoms with Crippen LogP contribution in [0.3, 0.4) is 0 Å². The first-order valence-electron chi connectivity index (χ1n) is 20.1. The van der Waals surface area contributed by atoms with Crippen LogP contribution >= 0.6 is 0 Å². The predicted molar refractivity (Wildman–Crippen MR) is 237 cm³/mol. The molecule has 0 amide bonds. The lowest BCUT2D eigenvalue weighted by Crippen LogP contribution is -2.52. The Kier molecular flexibility index (Phi) is 6.30. The first-order valence-corrected chi connectivity index (χ1v) is 20.1. The van der Waals surface area contributed by atoms with Crippen molar-refractivity contribution in [1.29, 1.82) is 0 Å². The van der Waals surface area contributed by atoms with Crippen LogP contribution in [0.25, 0.3) is 55.1 Å². The smallest absolute Gasteiger partial charge is 0.137 e. The summed E-state index contributed by atoms with van der Waals surface area (Å²) in [5.41, 5.74) is 14.6. The number of para-hydroxylation sites is 4. The van der Waals surface area contributed by atoms with E-state index in [9.17, 15) is 0 Å². The number of hydrogen-bond acceptors (Lipinski definition) is 1. The van der Waals surface area contributed by atoms with Gasteiger partial charge in [0.2, 0.25) is 0 Å². The Bertz CT molecular complexity index is 3290. The number of aromatic nitrogens is 3. The van der Waals surface area contributed by atoms with Crippen LogP contribution in [0.2, 0.25) is 0 Å². The molecule has 3 heterocycles. The van der Waals surface area contributed by atoms with Crippen LogP contribution in [-0.4, -0.2) is 14.1 Å². The van der Waals surface area contributed by atoms with Gasteiger partial charge < -0.3 is 4.57 Å². The summed E-state index contributed by atoms with van der Waals surface area (Å²) >= 11 is 0. The van der Waals surface area contributed by atoms with Crippen molar-refractivity contribution in [3.63, 3.8) is 0 Å². The fourth-order valence-corrected chi connectivity index (χ4v) is 11.1. The summed E-state index contributed by atoms with van der Waals surface area (Å²) in [6.45, 7) is 0. The second-order valence-corrected chi connectivity index (χ2v) is 15.8. The van der Waals surface area contributed by atoms with Crippen LogP contribution in [-0.2, 0) is 10.8 Å². The molecule has 270 valence electrons. The molecule has 0 atom stereocenters. The summed E-state index contributed by atoms with van der Waals surface area (Å²) in [5, 5.41) is 4.97. The second kappa shape index (κ2) is 11.5. The SMILES string of the molecule is c1ccc(C23c4ccccc4C(c4cccc(-n5c6ccccc6c6ccccc65)n4)(c4ccccc42)c2ccc(-n4c5ccccc5c5ccccc54)cc23)cc1. The minimum Gasteiger partial charge on any atom is -0.309 e. The quantitative estimate of drug-likeness (QED) is 0.176. The van der Waals surface area contributed by atoms with Crippen molar-refractivity contribution < 1.29 is 0 Å². The van der Waals surface area contributed by atoms with Gasteiger partial charge in [0.25, 0.3) is 0 Å². The van der Waals surface area contributed by atoms with Gasteiger partial charge in [0.15, 0.2) is 0 Å². The molecule has 0 saturated heterocycles. The first-order chi connectivity index (χ1) is 28.8. The third-order valence-corrected chi connectivity index (χ3v) is 13.3. The van der Waals surface area contributed by atoms with Crippen LogP contribution in [0.1, 0.15) is 44.6 Å². The highest BCUT2D eigenvalue weighted by Gasteiger charge is 2.60. The topological polar surface area (TPSA) is 22.8 Å². The third-order valence-electron chi connectivity index (χ3n) is 13.3. The molecule has 3 aliphatic rings. The summed E-state index contributed by atoms with van der Waals surface area (Å²) in [4.78, 5) is 5.81. The Labute approximate surface area is 335 Å². The normalized spacial score (nSPS) is 17.8. The highest BCUT2D eigenvalue weighted by molar-refractivity contribution is 6.10. The maximum atomic E-state index is 5.81. The largest absolute Gasteiger partial charge is 0.309 e. The molecule has 14 rings (SSSR count). The van der Waals surface area contributed by atoms with Crippen molar-refractivity contribution in [1.82, 2.24) is 14.1 Å². The molecule has 0 saturated carbocycles. The molecule has 3 aliphatic carbocycles. The fraction of sp³-hybridized carbons (Fsp3) is 0.0364. The Balaban J connectivity index is 1.17. The van der Waals surface area contributed by atoms with E-state index < -0.39 is 10.8 Å². The zero-order valence-electron chi connectivity index (χ0n) is 31.5. The van der Waals surface area contributed by atoms with Crippen LogP contribution in [0, 0.1) is 0 Å². The van der Waals surface area contributed by atoms with E-state index in [2.05, 4.69) is 221 Å². The minimum absolute atomic E-state index is 0.565. The summed E-state index contributed by atoms with van der Waals surface area (Å²) in [7, 11) is 0. The molecule has 0 spiro atoms. The maximum Gasteiger partial charge on any atom is 0.137 e. The monoisotopic (exact) mass is 737 g/mol. The zero-order chi connectivity index (χ0) is 38.0. The second-order valence-electron chi connectivity index (χ2n) is 15.8. The first kappa shape index (κ1) is 31.7. The third kappa shape index (κ3) is 3.81. The van der Waals surface area contributed by atoms with Crippen molar-refractivity contribution in [2.45, 2.75) is 10.8 Å². The average molecular weight is 738 g/mol. The summed E-state index contributed by atoms with van der Waals surface area (Å²) < 4.78 is 4.80. The van der Waals surface area contributed by atoms with Gasteiger partial charge in [-0.25, -0.2) is 4.98 Å². The molecule has 8 aromatic carbocycles. The Morgan fingerprint density at radius 1 is 0.310 bits per heavy atom. The van der Waals surface area contributed by atoms with Gasteiger partial charge in [-0.3, -0.25) is 4.57 Å². The summed E-state index contributed by atoms with van der Waals surface area (Å²) in [6, 6.07) is 78.4. The predicted octanol–water partition coefficient (Wildman–Crippen LogP) is 12.7. The number of hydrogen-bond donors (Lipinski definition) is 0. The van der Waals surface area contributed by atoms with Gasteiger partial charge in [-0.2, -0.15) is 0 Å². The summed E-state index contributed by atoms with van der Waals surface area (Å²) in [6.07, 6.45) is 0. The van der Waals surface area contributed by atoms with Gasteiger partial charge in [-0.1, -0.05) is 164 Å². The van der Waals surface area contributed by atoms with Crippen LogP contribution in [0.4, 0.5) is 0 Å². The average Bonchev–Trinajstić information content (AvgIpc) is 3.82. The molecule has 0 radical (unpaired) electrons. The van der Waals surface area contributed by atoms with Crippen LogP contribution < -0.4 is 0 Å². The van der Waals surface area contributed by atoms with E-state index in [0.717, 1.165) is 28.2 Å². The van der Waals surface area contributed by atoms with Gasteiger partial charge >= 0.3 is 0 Å². The molecule has 3 nitrogen and oxygen atoms in total. The van der Waals surface area contributed by atoms with Gasteiger partial charge in [-0.05, 0) is 87.5 Å².